The Bertz CT molecular complexity index is 1330. The van der Waals surface area contributed by atoms with Crippen molar-refractivity contribution >= 4 is 11.9 Å². The molecule has 0 radical (unpaired) electrons. The summed E-state index contributed by atoms with van der Waals surface area (Å²) < 4.78 is 5.50. The maximum Gasteiger partial charge on any atom is 0.305 e. The maximum absolute atomic E-state index is 12.5. The summed E-state index contributed by atoms with van der Waals surface area (Å²) in [6, 6.07) is -0.638. The van der Waals surface area contributed by atoms with Crippen molar-refractivity contribution in [3.05, 3.63) is 36.5 Å². The van der Waals surface area contributed by atoms with Crippen LogP contribution in [0.1, 0.15) is 412 Å². The van der Waals surface area contributed by atoms with Crippen molar-refractivity contribution < 1.29 is 24.5 Å². The van der Waals surface area contributed by atoms with Gasteiger partial charge in [-0.1, -0.05) is 371 Å². The van der Waals surface area contributed by atoms with Crippen LogP contribution in [0.2, 0.25) is 0 Å². The van der Waals surface area contributed by atoms with Crippen molar-refractivity contribution in [3.8, 4) is 0 Å². The van der Waals surface area contributed by atoms with Crippen molar-refractivity contribution in [2.24, 2.45) is 0 Å². The third kappa shape index (κ3) is 67.2. The smallest absolute Gasteiger partial charge is 0.305 e. The summed E-state index contributed by atoms with van der Waals surface area (Å²) in [5.74, 6) is -0.0628. The molecule has 0 aromatic heterocycles. The zero-order chi connectivity index (χ0) is 59.2. The number of aliphatic hydroxyl groups excluding tert-OH is 2. The van der Waals surface area contributed by atoms with Crippen LogP contribution in [-0.4, -0.2) is 47.4 Å². The number of esters is 1. The topological polar surface area (TPSA) is 95.9 Å². The summed E-state index contributed by atoms with van der Waals surface area (Å²) >= 11 is 0. The first-order valence-electron chi connectivity index (χ1n) is 37.3. The van der Waals surface area contributed by atoms with Crippen molar-refractivity contribution in [1.29, 1.82) is 0 Å². The molecule has 0 fully saturated rings. The minimum absolute atomic E-state index is 0.0113. The molecule has 2 unspecified atom stereocenters. The number of nitrogens with one attached hydrogen (secondary N) is 1. The second kappa shape index (κ2) is 71.6. The Labute approximate surface area is 513 Å². The van der Waals surface area contributed by atoms with Gasteiger partial charge < -0.3 is 20.3 Å². The lowest BCUT2D eigenvalue weighted by Gasteiger charge is -2.20. The average molecular weight is 1150 g/mol. The van der Waals surface area contributed by atoms with Crippen LogP contribution in [0.25, 0.3) is 0 Å². The Morgan fingerprint density at radius 3 is 0.927 bits per heavy atom. The predicted molar refractivity (Wildman–Crippen MR) is 361 cm³/mol. The van der Waals surface area contributed by atoms with E-state index in [1.807, 2.05) is 6.08 Å². The molecule has 6 nitrogen and oxygen atoms in total. The number of hydrogen-bond donors (Lipinski definition) is 3. The fourth-order valence-electron chi connectivity index (χ4n) is 11.7. The van der Waals surface area contributed by atoms with Gasteiger partial charge in [0.05, 0.1) is 25.4 Å². The number of carbonyl (C=O) groups is 2. The summed E-state index contributed by atoms with van der Waals surface area (Å²) in [4.78, 5) is 24.6. The first kappa shape index (κ1) is 80.1. The lowest BCUT2D eigenvalue weighted by Crippen LogP contribution is -2.45. The number of unbranched alkanes of at least 4 members (excludes halogenated alkanes) is 55. The van der Waals surface area contributed by atoms with E-state index in [2.05, 4.69) is 43.5 Å². The van der Waals surface area contributed by atoms with Crippen LogP contribution in [0.3, 0.4) is 0 Å². The molecule has 0 saturated carbocycles. The number of allylic oxidation sites excluding steroid dienone is 5. The third-order valence-electron chi connectivity index (χ3n) is 17.4. The van der Waals surface area contributed by atoms with Crippen LogP contribution in [0.4, 0.5) is 0 Å². The molecule has 0 aliphatic carbocycles. The molecular formula is C76H145NO5. The second-order valence-corrected chi connectivity index (χ2v) is 25.6. The summed E-state index contributed by atoms with van der Waals surface area (Å²) in [6.07, 6.45) is 92.3. The summed E-state index contributed by atoms with van der Waals surface area (Å²) in [5.41, 5.74) is 0. The van der Waals surface area contributed by atoms with Gasteiger partial charge in [-0.05, 0) is 64.2 Å². The fraction of sp³-hybridized carbons (Fsp3) is 0.895. The highest BCUT2D eigenvalue weighted by atomic mass is 16.5. The highest BCUT2D eigenvalue weighted by Crippen LogP contribution is 2.19. The van der Waals surface area contributed by atoms with E-state index in [1.54, 1.807) is 6.08 Å². The van der Waals surface area contributed by atoms with E-state index < -0.39 is 12.1 Å². The molecule has 0 aliphatic rings. The summed E-state index contributed by atoms with van der Waals surface area (Å²) in [7, 11) is 0. The van der Waals surface area contributed by atoms with Gasteiger partial charge in [0.25, 0.3) is 0 Å². The van der Waals surface area contributed by atoms with E-state index in [1.165, 1.54) is 327 Å². The van der Waals surface area contributed by atoms with E-state index in [4.69, 9.17) is 4.74 Å². The SMILES string of the molecule is CCCCCCCCCCCCCCCCCCCCCCCCC/C=C/C(O)C(CO)NC(=O)CCCCCCCCC/C=C\C/C=C\CCCCCCCCCCCOC(=O)CCCCCCCCCCCCCCCCCCC. The molecule has 0 aromatic rings. The number of ether oxygens (including phenoxy) is 1. The Kier molecular flexibility index (Phi) is 69.9. The molecule has 2 atom stereocenters. The molecule has 484 valence electrons. The molecule has 0 spiro atoms. The normalized spacial score (nSPS) is 12.7. The molecular weight excluding hydrogens is 1010 g/mol. The van der Waals surface area contributed by atoms with Gasteiger partial charge in [-0.2, -0.15) is 0 Å². The highest BCUT2D eigenvalue weighted by molar-refractivity contribution is 5.76. The number of carbonyl (C=O) groups excluding carboxylic acids is 2. The van der Waals surface area contributed by atoms with Crippen LogP contribution in [-0.2, 0) is 14.3 Å². The Balaban J connectivity index is 3.46. The van der Waals surface area contributed by atoms with E-state index in [9.17, 15) is 19.8 Å². The molecule has 0 aromatic carbocycles. The summed E-state index contributed by atoms with van der Waals surface area (Å²) in [5, 5.41) is 23.3. The lowest BCUT2D eigenvalue weighted by molar-refractivity contribution is -0.143. The second-order valence-electron chi connectivity index (χ2n) is 25.6. The standard InChI is InChI=1S/C76H145NO5/c1-3-5-7-9-11-13-15-17-19-21-22-23-24-25-27-30-33-37-40-44-48-52-56-60-64-68-74(79)73(72-78)77-75(80)69-65-61-57-53-49-45-41-38-34-31-28-26-29-32-35-39-43-47-51-55-59-63-67-71-82-76(81)70-66-62-58-54-50-46-42-36-20-18-16-14-12-10-8-6-4-2/h26,29,31,34,64,68,73-74,78-79H,3-25,27-28,30,32-33,35-63,65-67,69-72H2,1-2H3,(H,77,80)/b29-26-,34-31-,68-64+. The molecule has 0 aliphatic heterocycles. The van der Waals surface area contributed by atoms with Gasteiger partial charge in [0.2, 0.25) is 5.91 Å². The largest absolute Gasteiger partial charge is 0.466 e. The zero-order valence-electron chi connectivity index (χ0n) is 55.5. The highest BCUT2D eigenvalue weighted by Gasteiger charge is 2.18. The number of amides is 1. The van der Waals surface area contributed by atoms with Crippen LogP contribution in [0, 0.1) is 0 Å². The van der Waals surface area contributed by atoms with Gasteiger partial charge in [-0.3, -0.25) is 9.59 Å². The molecule has 1 amide bonds. The van der Waals surface area contributed by atoms with Gasteiger partial charge >= 0.3 is 5.97 Å². The van der Waals surface area contributed by atoms with Crippen LogP contribution >= 0.6 is 0 Å². The molecule has 6 heteroatoms. The number of aliphatic hydroxyl groups is 2. The van der Waals surface area contributed by atoms with Crippen molar-refractivity contribution in [3.63, 3.8) is 0 Å². The number of hydrogen-bond acceptors (Lipinski definition) is 5. The van der Waals surface area contributed by atoms with Crippen LogP contribution < -0.4 is 5.32 Å². The van der Waals surface area contributed by atoms with Gasteiger partial charge in [0.1, 0.15) is 0 Å². The van der Waals surface area contributed by atoms with Gasteiger partial charge in [0.15, 0.2) is 0 Å². The van der Waals surface area contributed by atoms with E-state index in [0.717, 1.165) is 57.8 Å². The minimum Gasteiger partial charge on any atom is -0.466 e. The van der Waals surface area contributed by atoms with Crippen molar-refractivity contribution in [2.75, 3.05) is 13.2 Å². The monoisotopic (exact) mass is 1150 g/mol. The summed E-state index contributed by atoms with van der Waals surface area (Å²) in [6.45, 7) is 4.94. The third-order valence-corrected chi connectivity index (χ3v) is 17.4. The van der Waals surface area contributed by atoms with E-state index >= 15 is 0 Å². The lowest BCUT2D eigenvalue weighted by atomic mass is 10.0. The van der Waals surface area contributed by atoms with Gasteiger partial charge in [0, 0.05) is 12.8 Å². The zero-order valence-corrected chi connectivity index (χ0v) is 55.5. The Morgan fingerprint density at radius 2 is 0.610 bits per heavy atom. The molecule has 0 bridgehead atoms. The minimum atomic E-state index is -0.853. The van der Waals surface area contributed by atoms with Gasteiger partial charge in [-0.25, -0.2) is 0 Å². The average Bonchev–Trinajstić information content (AvgIpc) is 3.48. The number of rotatable bonds is 70. The van der Waals surface area contributed by atoms with E-state index in [0.29, 0.717) is 19.4 Å². The van der Waals surface area contributed by atoms with Crippen molar-refractivity contribution in [1.82, 2.24) is 5.32 Å². The predicted octanol–water partition coefficient (Wildman–Crippen LogP) is 24.3. The van der Waals surface area contributed by atoms with E-state index in [-0.39, 0.29) is 18.5 Å². The molecule has 3 N–H and O–H groups in total. The molecule has 82 heavy (non-hydrogen) atoms. The quantitative estimate of drug-likeness (QED) is 0.0320. The van der Waals surface area contributed by atoms with Crippen LogP contribution in [0.5, 0.6) is 0 Å². The van der Waals surface area contributed by atoms with Crippen LogP contribution in [0.15, 0.2) is 36.5 Å². The Hall–Kier alpha value is -1.92. The molecule has 0 heterocycles. The molecule has 0 rings (SSSR count). The van der Waals surface area contributed by atoms with Gasteiger partial charge in [-0.15, -0.1) is 0 Å². The first-order valence-corrected chi connectivity index (χ1v) is 37.3. The first-order chi connectivity index (χ1) is 40.5. The van der Waals surface area contributed by atoms with Crippen molar-refractivity contribution in [2.45, 2.75) is 424 Å². The maximum atomic E-state index is 12.5. The Morgan fingerprint density at radius 1 is 0.341 bits per heavy atom. The molecule has 0 saturated heterocycles. The fourth-order valence-corrected chi connectivity index (χ4v) is 11.7.